The number of nitrogens with zero attached hydrogens (tertiary/aromatic N) is 4. The molecule has 4 aromatic heterocycles. The highest BCUT2D eigenvalue weighted by molar-refractivity contribution is 7.22. The zero-order chi connectivity index (χ0) is 13.1. The molecule has 0 aliphatic rings. The summed E-state index contributed by atoms with van der Waals surface area (Å²) in [6, 6.07) is 1.85. The number of aryl methyl sites for hydroxylation is 1. The summed E-state index contributed by atoms with van der Waals surface area (Å²) >= 11 is 2.90. The molecule has 0 aliphatic carbocycles. The maximum Gasteiger partial charge on any atom is 0.187 e. The summed E-state index contributed by atoms with van der Waals surface area (Å²) in [7, 11) is 0. The quantitative estimate of drug-likeness (QED) is 0.529. The zero-order valence-electron chi connectivity index (χ0n) is 9.73. The van der Waals surface area contributed by atoms with E-state index in [0.717, 1.165) is 24.4 Å². The van der Waals surface area contributed by atoms with Crippen LogP contribution in [0.1, 0.15) is 5.56 Å². The number of rotatable bonds is 1. The van der Waals surface area contributed by atoms with E-state index >= 15 is 0 Å². The van der Waals surface area contributed by atoms with Gasteiger partial charge in [0.05, 0.1) is 21.1 Å². The van der Waals surface area contributed by atoms with Crippen LogP contribution in [0.25, 0.3) is 31.4 Å². The van der Waals surface area contributed by atoms with Gasteiger partial charge in [0.1, 0.15) is 10.7 Å². The first-order valence-corrected chi connectivity index (χ1v) is 7.17. The second-order valence-corrected chi connectivity index (χ2v) is 6.10. The van der Waals surface area contributed by atoms with E-state index in [0.29, 0.717) is 22.0 Å². The molecule has 0 bridgehead atoms. The lowest BCUT2D eigenvalue weighted by molar-refractivity contribution is 0.197. The van der Waals surface area contributed by atoms with Crippen molar-refractivity contribution < 1.29 is 10.4 Å². The van der Waals surface area contributed by atoms with Crippen LogP contribution in [0.4, 0.5) is 0 Å². The lowest BCUT2D eigenvalue weighted by atomic mass is 10.4. The Hall–Kier alpha value is -2.06. The summed E-state index contributed by atoms with van der Waals surface area (Å²) < 4.78 is 3.87. The molecule has 0 saturated heterocycles. The fourth-order valence-electron chi connectivity index (χ4n) is 2.10. The highest BCUT2D eigenvalue weighted by Gasteiger charge is 2.18. The molecule has 0 amide bonds. The minimum absolute atomic E-state index is 0.509. The highest BCUT2D eigenvalue weighted by atomic mass is 32.1. The molecule has 8 heteroatoms. The van der Waals surface area contributed by atoms with Crippen LogP contribution in [-0.2, 0) is 0 Å². The predicted octanol–water partition coefficient (Wildman–Crippen LogP) is 2.96. The normalized spacial score (nSPS) is 11.8. The topological polar surface area (TPSA) is 76.1 Å². The fraction of sp³-hybridized carbons (Fsp3) is 0.0909. The van der Waals surface area contributed by atoms with Gasteiger partial charge in [0.25, 0.3) is 0 Å². The largest absolute Gasteiger partial charge is 0.427 e. The Balaban J connectivity index is 2.00. The van der Waals surface area contributed by atoms with Crippen LogP contribution < -0.4 is 0 Å². The van der Waals surface area contributed by atoms with Crippen LogP contribution in [0, 0.1) is 6.92 Å². The second-order valence-electron chi connectivity index (χ2n) is 4.21. The van der Waals surface area contributed by atoms with Crippen molar-refractivity contribution in [3.63, 3.8) is 0 Å². The number of fused-ring (bicyclic) bond motifs is 2. The SMILES string of the molecule is Cc1cn(O)c2nc(-c3cc4scnc4n3O)sc12. The summed E-state index contributed by atoms with van der Waals surface area (Å²) in [6.07, 6.45) is 1.62. The van der Waals surface area contributed by atoms with Crippen LogP contribution in [0.3, 0.4) is 0 Å². The highest BCUT2D eigenvalue weighted by Crippen LogP contribution is 2.35. The first kappa shape index (κ1) is 10.8. The Kier molecular flexibility index (Phi) is 1.99. The molecule has 6 nitrogen and oxygen atoms in total. The Bertz CT molecular complexity index is 880. The Labute approximate surface area is 114 Å². The number of thiazole rings is 2. The predicted molar refractivity (Wildman–Crippen MR) is 73.3 cm³/mol. The summed E-state index contributed by atoms with van der Waals surface area (Å²) in [5.74, 6) is 0. The molecule has 2 N–H and O–H groups in total. The van der Waals surface area contributed by atoms with Gasteiger partial charge < -0.3 is 10.4 Å². The maximum absolute atomic E-state index is 10.1. The fourth-order valence-corrected chi connectivity index (χ4v) is 3.81. The molecule has 4 aromatic rings. The van der Waals surface area contributed by atoms with Gasteiger partial charge in [0.15, 0.2) is 11.3 Å². The van der Waals surface area contributed by atoms with Crippen LogP contribution in [0.2, 0.25) is 0 Å². The third-order valence-electron chi connectivity index (χ3n) is 2.99. The third-order valence-corrected chi connectivity index (χ3v) is 4.96. The van der Waals surface area contributed by atoms with Gasteiger partial charge in [-0.2, -0.15) is 9.46 Å². The van der Waals surface area contributed by atoms with Crippen LogP contribution >= 0.6 is 22.7 Å². The summed E-state index contributed by atoms with van der Waals surface area (Å²) in [5.41, 5.74) is 4.27. The molecule has 96 valence electrons. The van der Waals surface area contributed by atoms with Crippen molar-refractivity contribution in [1.82, 2.24) is 19.4 Å². The maximum atomic E-state index is 10.1. The average molecular weight is 292 g/mol. The van der Waals surface area contributed by atoms with Gasteiger partial charge in [-0.05, 0) is 18.6 Å². The standard InChI is InChI=1S/C11H8N4O2S2/c1-5-3-14(16)10-8(5)19-11(13-10)6-2-7-9(15(6)17)12-4-18-7/h2-4,16-17H,1H3. The van der Waals surface area contributed by atoms with Crippen LogP contribution in [0.5, 0.6) is 0 Å². The molecule has 0 unspecified atom stereocenters. The first-order chi connectivity index (χ1) is 9.15. The van der Waals surface area contributed by atoms with Crippen molar-refractivity contribution in [2.24, 2.45) is 0 Å². The molecule has 0 aliphatic heterocycles. The smallest absolute Gasteiger partial charge is 0.187 e. The molecule has 0 saturated carbocycles. The average Bonchev–Trinajstić information content (AvgIpc) is 3.07. The Morgan fingerprint density at radius 1 is 1.26 bits per heavy atom. The molecule has 4 heterocycles. The Morgan fingerprint density at radius 2 is 2.11 bits per heavy atom. The monoisotopic (exact) mass is 292 g/mol. The third kappa shape index (κ3) is 1.35. The van der Waals surface area contributed by atoms with Crippen LogP contribution in [-0.4, -0.2) is 29.8 Å². The van der Waals surface area contributed by atoms with Gasteiger partial charge in [-0.25, -0.2) is 9.97 Å². The minimum atomic E-state index is 0.509. The zero-order valence-corrected chi connectivity index (χ0v) is 11.4. The van der Waals surface area contributed by atoms with E-state index in [4.69, 9.17) is 0 Å². The minimum Gasteiger partial charge on any atom is -0.427 e. The molecule has 0 aromatic carbocycles. The molecule has 0 spiro atoms. The van der Waals surface area contributed by atoms with Crippen molar-refractivity contribution in [3.8, 4) is 10.7 Å². The second kappa shape index (κ2) is 3.49. The number of hydrogen-bond acceptors (Lipinski definition) is 6. The molecular weight excluding hydrogens is 284 g/mol. The summed E-state index contributed by atoms with van der Waals surface area (Å²) in [4.78, 5) is 8.46. The van der Waals surface area contributed by atoms with Crippen molar-refractivity contribution in [2.75, 3.05) is 0 Å². The van der Waals surface area contributed by atoms with E-state index in [1.807, 2.05) is 13.0 Å². The van der Waals surface area contributed by atoms with Gasteiger partial charge >= 0.3 is 0 Å². The van der Waals surface area contributed by atoms with E-state index in [9.17, 15) is 10.4 Å². The van der Waals surface area contributed by atoms with Gasteiger partial charge in [-0.15, -0.1) is 22.7 Å². The van der Waals surface area contributed by atoms with Crippen molar-refractivity contribution in [1.29, 1.82) is 0 Å². The first-order valence-electron chi connectivity index (χ1n) is 5.47. The summed E-state index contributed by atoms with van der Waals surface area (Å²) in [6.45, 7) is 1.91. The van der Waals surface area contributed by atoms with Gasteiger partial charge in [0.2, 0.25) is 0 Å². The lowest BCUT2D eigenvalue weighted by Crippen LogP contribution is -1.93. The lowest BCUT2D eigenvalue weighted by Gasteiger charge is -1.96. The summed E-state index contributed by atoms with van der Waals surface area (Å²) in [5, 5.41) is 20.5. The molecule has 4 rings (SSSR count). The van der Waals surface area contributed by atoms with E-state index in [2.05, 4.69) is 9.97 Å². The molecule has 19 heavy (non-hydrogen) atoms. The Morgan fingerprint density at radius 3 is 2.84 bits per heavy atom. The van der Waals surface area contributed by atoms with Crippen LogP contribution in [0.15, 0.2) is 17.8 Å². The molecule has 0 atom stereocenters. The van der Waals surface area contributed by atoms with Gasteiger partial charge in [-0.3, -0.25) is 0 Å². The van der Waals surface area contributed by atoms with Crippen molar-refractivity contribution >= 4 is 43.4 Å². The number of hydrogen-bond donors (Lipinski definition) is 2. The number of aromatic nitrogens is 4. The van der Waals surface area contributed by atoms with E-state index in [-0.39, 0.29) is 0 Å². The van der Waals surface area contributed by atoms with E-state index in [1.165, 1.54) is 22.7 Å². The van der Waals surface area contributed by atoms with Crippen molar-refractivity contribution in [2.45, 2.75) is 6.92 Å². The van der Waals surface area contributed by atoms with Crippen molar-refractivity contribution in [3.05, 3.63) is 23.3 Å². The van der Waals surface area contributed by atoms with Gasteiger partial charge in [-0.1, -0.05) is 0 Å². The van der Waals surface area contributed by atoms with E-state index < -0.39 is 0 Å². The molecular formula is C11H8N4O2S2. The molecule has 0 radical (unpaired) electrons. The van der Waals surface area contributed by atoms with E-state index in [1.54, 1.807) is 11.7 Å². The van der Waals surface area contributed by atoms with Gasteiger partial charge in [0, 0.05) is 0 Å². The molecule has 0 fully saturated rings.